The number of benzene rings is 1. The van der Waals surface area contributed by atoms with Crippen LogP contribution in [0.25, 0.3) is 0 Å². The average molecular weight is 275 g/mol. The Morgan fingerprint density at radius 3 is 2.95 bits per heavy atom. The Bertz CT molecular complexity index is 485. The molecule has 20 heavy (non-hydrogen) atoms. The van der Waals surface area contributed by atoms with Crippen LogP contribution in [0.4, 0.5) is 0 Å². The van der Waals surface area contributed by atoms with Crippen molar-refractivity contribution in [3.8, 4) is 0 Å². The van der Waals surface area contributed by atoms with Crippen molar-refractivity contribution in [2.24, 2.45) is 4.99 Å². The van der Waals surface area contributed by atoms with Gasteiger partial charge in [0, 0.05) is 38.3 Å². The first-order valence-electron chi connectivity index (χ1n) is 7.34. The zero-order valence-electron chi connectivity index (χ0n) is 12.6. The molecule has 1 aliphatic carbocycles. The van der Waals surface area contributed by atoms with Crippen LogP contribution in [-0.4, -0.2) is 37.7 Å². The number of fused-ring (bicyclic) bond motifs is 1. The topological polar surface area (TPSA) is 56.7 Å². The van der Waals surface area contributed by atoms with Gasteiger partial charge in [-0.1, -0.05) is 18.2 Å². The van der Waals surface area contributed by atoms with Gasteiger partial charge in [0.05, 0.1) is 0 Å². The summed E-state index contributed by atoms with van der Waals surface area (Å²) >= 11 is 0. The van der Waals surface area contributed by atoms with Gasteiger partial charge in [-0.25, -0.2) is 0 Å². The van der Waals surface area contributed by atoms with Crippen molar-refractivity contribution in [1.29, 1.82) is 0 Å². The molecule has 0 amide bonds. The van der Waals surface area contributed by atoms with Gasteiger partial charge in [0.15, 0.2) is 0 Å². The number of amidine groups is 1. The Kier molecular flexibility index (Phi) is 5.15. The summed E-state index contributed by atoms with van der Waals surface area (Å²) in [5.74, 6) is 0.950. The lowest BCUT2D eigenvalue weighted by Gasteiger charge is -2.20. The van der Waals surface area contributed by atoms with Gasteiger partial charge in [0.2, 0.25) is 0 Å². The molecule has 0 spiro atoms. The van der Waals surface area contributed by atoms with E-state index >= 15 is 0 Å². The van der Waals surface area contributed by atoms with Crippen LogP contribution in [0.5, 0.6) is 0 Å². The third-order valence-electron chi connectivity index (χ3n) is 4.03. The molecule has 0 saturated heterocycles. The molecule has 0 aliphatic heterocycles. The van der Waals surface area contributed by atoms with Gasteiger partial charge in [0.1, 0.15) is 5.84 Å². The molecule has 0 radical (unpaired) electrons. The Morgan fingerprint density at radius 1 is 1.50 bits per heavy atom. The maximum atomic E-state index is 9.02. The highest BCUT2D eigenvalue weighted by Crippen LogP contribution is 2.33. The monoisotopic (exact) mass is 275 g/mol. The SMILES string of the molecule is C/N=C(\NC)c1cccc2c1CC[C@@H]2NC(C)CCO. The normalized spacial score (nSPS) is 19.8. The summed E-state index contributed by atoms with van der Waals surface area (Å²) in [5.41, 5.74) is 3.99. The number of nitrogens with one attached hydrogen (secondary N) is 2. The van der Waals surface area contributed by atoms with E-state index in [1.807, 2.05) is 14.1 Å². The highest BCUT2D eigenvalue weighted by atomic mass is 16.3. The van der Waals surface area contributed by atoms with Crippen LogP contribution in [0, 0.1) is 0 Å². The fourth-order valence-corrected chi connectivity index (χ4v) is 3.04. The molecule has 0 saturated carbocycles. The Balaban J connectivity index is 2.23. The van der Waals surface area contributed by atoms with E-state index in [0.29, 0.717) is 12.1 Å². The molecule has 1 aromatic rings. The van der Waals surface area contributed by atoms with Crippen LogP contribution >= 0.6 is 0 Å². The summed E-state index contributed by atoms with van der Waals surface area (Å²) in [5, 5.41) is 15.8. The zero-order valence-corrected chi connectivity index (χ0v) is 12.6. The summed E-state index contributed by atoms with van der Waals surface area (Å²) in [7, 11) is 3.73. The Labute approximate surface area is 121 Å². The molecule has 0 heterocycles. The number of aliphatic hydroxyl groups is 1. The summed E-state index contributed by atoms with van der Waals surface area (Å²) in [6, 6.07) is 7.17. The second kappa shape index (κ2) is 6.86. The smallest absolute Gasteiger partial charge is 0.128 e. The lowest BCUT2D eigenvalue weighted by atomic mass is 10.0. The third-order valence-corrected chi connectivity index (χ3v) is 4.03. The van der Waals surface area contributed by atoms with E-state index in [9.17, 15) is 0 Å². The van der Waals surface area contributed by atoms with Crippen molar-refractivity contribution in [3.63, 3.8) is 0 Å². The molecule has 2 rings (SSSR count). The lowest BCUT2D eigenvalue weighted by Crippen LogP contribution is -2.30. The maximum Gasteiger partial charge on any atom is 0.128 e. The average Bonchev–Trinajstić information content (AvgIpc) is 2.84. The van der Waals surface area contributed by atoms with Crippen molar-refractivity contribution in [2.75, 3.05) is 20.7 Å². The maximum absolute atomic E-state index is 9.02. The molecular formula is C16H25N3O. The van der Waals surface area contributed by atoms with E-state index < -0.39 is 0 Å². The van der Waals surface area contributed by atoms with Crippen LogP contribution in [0.15, 0.2) is 23.2 Å². The highest BCUT2D eigenvalue weighted by Gasteiger charge is 2.26. The van der Waals surface area contributed by atoms with Crippen LogP contribution < -0.4 is 10.6 Å². The van der Waals surface area contributed by atoms with Crippen LogP contribution in [0.1, 0.15) is 42.5 Å². The lowest BCUT2D eigenvalue weighted by molar-refractivity contribution is 0.263. The fraction of sp³-hybridized carbons (Fsp3) is 0.562. The molecule has 0 aromatic heterocycles. The summed E-state index contributed by atoms with van der Waals surface area (Å²) in [6.07, 6.45) is 2.99. The van der Waals surface area contributed by atoms with Crippen LogP contribution in [0.2, 0.25) is 0 Å². The third kappa shape index (κ3) is 3.02. The fourth-order valence-electron chi connectivity index (χ4n) is 3.04. The Hall–Kier alpha value is -1.39. The number of hydrogen-bond donors (Lipinski definition) is 3. The first-order chi connectivity index (χ1) is 9.71. The van der Waals surface area contributed by atoms with E-state index in [1.54, 1.807) is 0 Å². The molecule has 4 nitrogen and oxygen atoms in total. The second-order valence-electron chi connectivity index (χ2n) is 5.37. The molecule has 3 N–H and O–H groups in total. The van der Waals surface area contributed by atoms with Crippen molar-refractivity contribution >= 4 is 5.84 Å². The summed E-state index contributed by atoms with van der Waals surface area (Å²) in [6.45, 7) is 2.37. The zero-order chi connectivity index (χ0) is 14.5. The van der Waals surface area contributed by atoms with Gasteiger partial charge in [-0.15, -0.1) is 0 Å². The van der Waals surface area contributed by atoms with Crippen molar-refractivity contribution in [1.82, 2.24) is 10.6 Å². The van der Waals surface area contributed by atoms with E-state index in [4.69, 9.17) is 5.11 Å². The van der Waals surface area contributed by atoms with E-state index in [1.165, 1.54) is 16.7 Å². The van der Waals surface area contributed by atoms with Crippen molar-refractivity contribution < 1.29 is 5.11 Å². The molecule has 0 fully saturated rings. The number of aliphatic imine (C=N–C) groups is 1. The molecule has 110 valence electrons. The van der Waals surface area contributed by atoms with Crippen molar-refractivity contribution in [3.05, 3.63) is 34.9 Å². The van der Waals surface area contributed by atoms with E-state index in [0.717, 1.165) is 25.1 Å². The first-order valence-corrected chi connectivity index (χ1v) is 7.34. The molecule has 4 heteroatoms. The quantitative estimate of drug-likeness (QED) is 0.565. The standard InChI is InChI=1S/C16H25N3O/c1-11(9-10-20)19-15-8-7-12-13(15)5-4-6-14(12)16(17-2)18-3/h4-6,11,15,19-20H,7-10H2,1-3H3,(H,17,18)/t11?,15-/m0/s1. The summed E-state index contributed by atoms with van der Waals surface area (Å²) in [4.78, 5) is 4.32. The van der Waals surface area contributed by atoms with Gasteiger partial charge >= 0.3 is 0 Å². The molecular weight excluding hydrogens is 250 g/mol. The largest absolute Gasteiger partial charge is 0.396 e. The minimum atomic E-state index is 0.236. The van der Waals surface area contributed by atoms with E-state index in [-0.39, 0.29) is 6.61 Å². The molecule has 1 aliphatic rings. The highest BCUT2D eigenvalue weighted by molar-refractivity contribution is 6.00. The van der Waals surface area contributed by atoms with Crippen LogP contribution in [0.3, 0.4) is 0 Å². The molecule has 1 aromatic carbocycles. The number of nitrogens with zero attached hydrogens (tertiary/aromatic N) is 1. The first kappa shape index (κ1) is 15.0. The van der Waals surface area contributed by atoms with Gasteiger partial charge in [-0.2, -0.15) is 0 Å². The number of hydrogen-bond acceptors (Lipinski definition) is 3. The molecule has 1 unspecified atom stereocenters. The van der Waals surface area contributed by atoms with Crippen molar-refractivity contribution in [2.45, 2.75) is 38.3 Å². The van der Waals surface area contributed by atoms with Gasteiger partial charge in [0.25, 0.3) is 0 Å². The number of rotatable bonds is 5. The minimum absolute atomic E-state index is 0.236. The molecule has 2 atom stereocenters. The van der Waals surface area contributed by atoms with Gasteiger partial charge in [-0.05, 0) is 37.3 Å². The molecule has 0 bridgehead atoms. The summed E-state index contributed by atoms with van der Waals surface area (Å²) < 4.78 is 0. The Morgan fingerprint density at radius 2 is 2.30 bits per heavy atom. The predicted octanol–water partition coefficient (Wildman–Crippen LogP) is 1.63. The van der Waals surface area contributed by atoms with E-state index in [2.05, 4.69) is 40.7 Å². The predicted molar refractivity (Wildman–Crippen MR) is 83.3 cm³/mol. The minimum Gasteiger partial charge on any atom is -0.396 e. The van der Waals surface area contributed by atoms with Crippen LogP contribution in [-0.2, 0) is 6.42 Å². The van der Waals surface area contributed by atoms with Gasteiger partial charge in [-0.3, -0.25) is 4.99 Å². The van der Waals surface area contributed by atoms with Gasteiger partial charge < -0.3 is 15.7 Å². The second-order valence-corrected chi connectivity index (χ2v) is 5.37. The number of aliphatic hydroxyl groups excluding tert-OH is 1.